The van der Waals surface area contributed by atoms with Crippen molar-refractivity contribution in [2.45, 2.75) is 0 Å². The van der Waals surface area contributed by atoms with E-state index in [1.807, 2.05) is 0 Å². The first-order valence-electron chi connectivity index (χ1n) is 7.80. The molecule has 0 atom stereocenters. The topological polar surface area (TPSA) is 109 Å². The zero-order valence-electron chi connectivity index (χ0n) is 16.0. The molecular weight excluding hydrogens is 430 g/mol. The maximum Gasteiger partial charge on any atom is 1.00 e. The SMILES string of the molecule is O=S(=O)(O)P(c1ccccc1)(c1ccccc1)(c1ccccc1)S(=O)(=O)O.[H-].[Na+]. The van der Waals surface area contributed by atoms with Crippen molar-refractivity contribution in [3.63, 3.8) is 0 Å². The monoisotopic (exact) mass is 448 g/mol. The Hall–Kier alpha value is -1.09. The fourth-order valence-electron chi connectivity index (χ4n) is 3.46. The van der Waals surface area contributed by atoms with Crippen molar-refractivity contribution in [3.05, 3.63) is 91.0 Å². The molecule has 144 valence electrons. The van der Waals surface area contributed by atoms with Gasteiger partial charge in [-0.3, -0.25) is 0 Å². The van der Waals surface area contributed by atoms with Crippen LogP contribution < -0.4 is 45.5 Å². The number of hydrogen-bond donors (Lipinski definition) is 2. The van der Waals surface area contributed by atoms with E-state index in [1.54, 1.807) is 18.2 Å². The first kappa shape index (κ1) is 23.2. The Morgan fingerprint density at radius 2 is 0.750 bits per heavy atom. The molecule has 0 spiro atoms. The number of benzene rings is 3. The second-order valence-electron chi connectivity index (χ2n) is 5.86. The van der Waals surface area contributed by atoms with E-state index >= 15 is 0 Å². The third-order valence-corrected chi connectivity index (χ3v) is 22.5. The van der Waals surface area contributed by atoms with Crippen LogP contribution >= 0.6 is 5.01 Å². The van der Waals surface area contributed by atoms with Gasteiger partial charge in [0, 0.05) is 0 Å². The van der Waals surface area contributed by atoms with Crippen LogP contribution in [0.4, 0.5) is 0 Å². The smallest absolute Gasteiger partial charge is 1.00 e. The summed E-state index contributed by atoms with van der Waals surface area (Å²) in [5.41, 5.74) is 0. The van der Waals surface area contributed by atoms with E-state index in [0.29, 0.717) is 0 Å². The van der Waals surface area contributed by atoms with Gasteiger partial charge in [0.05, 0.1) is 0 Å². The molecule has 0 aliphatic heterocycles. The molecule has 0 radical (unpaired) electrons. The van der Waals surface area contributed by atoms with E-state index in [-0.39, 0.29) is 46.9 Å². The van der Waals surface area contributed by atoms with Gasteiger partial charge in [0.15, 0.2) is 0 Å². The summed E-state index contributed by atoms with van der Waals surface area (Å²) in [7, 11) is -10.8. The van der Waals surface area contributed by atoms with Crippen molar-refractivity contribution in [2.24, 2.45) is 0 Å². The molecule has 0 heterocycles. The van der Waals surface area contributed by atoms with E-state index < -0.39 is 24.5 Å². The summed E-state index contributed by atoms with van der Waals surface area (Å²) in [6.45, 7) is 0. The summed E-state index contributed by atoms with van der Waals surface area (Å²) in [4.78, 5) is 0. The molecule has 0 bridgehead atoms. The minimum atomic E-state index is -5.85. The average Bonchev–Trinajstić information content (AvgIpc) is 2.63. The summed E-state index contributed by atoms with van der Waals surface area (Å²) < 4.78 is 73.5. The van der Waals surface area contributed by atoms with Gasteiger partial charge in [-0.05, 0) is 0 Å². The van der Waals surface area contributed by atoms with E-state index in [2.05, 4.69) is 0 Å². The maximum atomic E-state index is 13.1. The number of rotatable bonds is 5. The second kappa shape index (κ2) is 7.97. The largest absolute Gasteiger partial charge is 1.00 e. The van der Waals surface area contributed by atoms with Gasteiger partial charge in [0.2, 0.25) is 0 Å². The molecule has 0 aliphatic rings. The molecule has 0 unspecified atom stereocenters. The van der Waals surface area contributed by atoms with Crippen LogP contribution in [0.3, 0.4) is 0 Å². The van der Waals surface area contributed by atoms with Gasteiger partial charge in [-0.1, -0.05) is 0 Å². The Kier molecular flexibility index (Phi) is 6.60. The van der Waals surface area contributed by atoms with E-state index in [9.17, 15) is 25.9 Å². The molecule has 3 aromatic rings. The quantitative estimate of drug-likeness (QED) is 0.302. The van der Waals surface area contributed by atoms with Crippen LogP contribution in [-0.2, 0) is 19.5 Å². The molecule has 10 heteroatoms. The van der Waals surface area contributed by atoms with Gasteiger partial charge in [-0.25, -0.2) is 0 Å². The van der Waals surface area contributed by atoms with Crippen molar-refractivity contribution in [1.82, 2.24) is 0 Å². The van der Waals surface area contributed by atoms with Crippen LogP contribution in [0.15, 0.2) is 91.0 Å². The predicted octanol–water partition coefficient (Wildman–Crippen LogP) is -0.762. The van der Waals surface area contributed by atoms with Crippen molar-refractivity contribution in [3.8, 4) is 0 Å². The molecule has 6 nitrogen and oxygen atoms in total. The third-order valence-electron chi connectivity index (χ3n) is 4.56. The van der Waals surface area contributed by atoms with Crippen LogP contribution in [0.2, 0.25) is 0 Å². The zero-order valence-corrected chi connectivity index (χ0v) is 19.5. The summed E-state index contributed by atoms with van der Waals surface area (Å²) in [6, 6.07) is 21.2. The summed E-state index contributed by atoms with van der Waals surface area (Å²) in [5, 5.41) is -6.46. The molecule has 0 aromatic heterocycles. The fraction of sp³-hybridized carbons (Fsp3) is 0. The molecule has 0 amide bonds. The Balaban J connectivity index is 0.00000210. The number of hydrogen-bond acceptors (Lipinski definition) is 4. The van der Waals surface area contributed by atoms with Crippen LogP contribution in [-0.4, -0.2) is 25.9 Å². The molecule has 3 rings (SSSR count). The van der Waals surface area contributed by atoms with Crippen LogP contribution in [0, 0.1) is 0 Å². The normalized spacial score (nSPS) is 13.7. The Labute approximate surface area is 187 Å². The van der Waals surface area contributed by atoms with Crippen molar-refractivity contribution < 1.29 is 56.9 Å². The van der Waals surface area contributed by atoms with E-state index in [0.717, 1.165) is 0 Å². The van der Waals surface area contributed by atoms with Gasteiger partial charge < -0.3 is 1.43 Å². The summed E-state index contributed by atoms with van der Waals surface area (Å²) in [6.07, 6.45) is 0. The summed E-state index contributed by atoms with van der Waals surface area (Å²) in [5.74, 6) is 0. The van der Waals surface area contributed by atoms with Gasteiger partial charge in [0.25, 0.3) is 0 Å². The fourth-order valence-corrected chi connectivity index (χ4v) is 18.2. The van der Waals surface area contributed by atoms with E-state index in [4.69, 9.17) is 0 Å². The maximum absolute atomic E-state index is 13.1. The Morgan fingerprint density at radius 3 is 0.929 bits per heavy atom. The zero-order chi connectivity index (χ0) is 19.8. The van der Waals surface area contributed by atoms with Crippen LogP contribution in [0.1, 0.15) is 1.43 Å². The molecule has 0 saturated heterocycles. The second-order valence-corrected chi connectivity index (χ2v) is 19.0. The predicted molar refractivity (Wildman–Crippen MR) is 109 cm³/mol. The van der Waals surface area contributed by atoms with E-state index in [1.165, 1.54) is 72.8 Å². The van der Waals surface area contributed by atoms with Crippen molar-refractivity contribution in [1.29, 1.82) is 0 Å². The Morgan fingerprint density at radius 1 is 0.536 bits per heavy atom. The minimum Gasteiger partial charge on any atom is -1.00 e. The minimum absolute atomic E-state index is 0. The first-order chi connectivity index (χ1) is 12.7. The van der Waals surface area contributed by atoms with Crippen LogP contribution in [0.25, 0.3) is 0 Å². The summed E-state index contributed by atoms with van der Waals surface area (Å²) >= 11 is 0. The van der Waals surface area contributed by atoms with Crippen LogP contribution in [0.5, 0.6) is 0 Å². The molecule has 0 fully saturated rings. The molecule has 0 aliphatic carbocycles. The molecule has 28 heavy (non-hydrogen) atoms. The molecular formula is C18H18NaO6PS2. The molecule has 0 saturated carbocycles. The Bertz CT molecular complexity index is 1040. The van der Waals surface area contributed by atoms with Gasteiger partial charge in [0.1, 0.15) is 0 Å². The standard InChI is InChI=1S/C18H17O6PS2.Na.H/c19-26(20,21)25(27(22,23)24,16-10-4-1-5-11-16,17-12-6-2-7-13-17)18-14-8-3-9-15-18;;/h1-15H,(H,19,20,21)(H,22,23,24);;/q;+1;-1. The molecule has 3 aromatic carbocycles. The van der Waals surface area contributed by atoms with Gasteiger partial charge in [-0.2, -0.15) is 0 Å². The van der Waals surface area contributed by atoms with Gasteiger partial charge in [-0.15, -0.1) is 0 Å². The average molecular weight is 448 g/mol. The van der Waals surface area contributed by atoms with Crippen molar-refractivity contribution >= 4 is 40.4 Å². The molecule has 2 N–H and O–H groups in total. The first-order valence-corrected chi connectivity index (χ1v) is 14.1. The van der Waals surface area contributed by atoms with Gasteiger partial charge >= 0.3 is 187 Å². The third kappa shape index (κ3) is 2.83. The van der Waals surface area contributed by atoms with Crippen molar-refractivity contribution in [2.75, 3.05) is 0 Å².